The molecule has 0 radical (unpaired) electrons. The van der Waals surface area contributed by atoms with Gasteiger partial charge in [-0.1, -0.05) is 0 Å². The van der Waals surface area contributed by atoms with E-state index in [9.17, 15) is 0 Å². The van der Waals surface area contributed by atoms with Gasteiger partial charge in [0, 0.05) is 24.7 Å². The summed E-state index contributed by atoms with van der Waals surface area (Å²) in [6.07, 6.45) is 2.76. The molecule has 52 valence electrons. The van der Waals surface area contributed by atoms with Crippen LogP contribution in [0.3, 0.4) is 0 Å². The van der Waals surface area contributed by atoms with Crippen molar-refractivity contribution in [2.75, 3.05) is 13.1 Å². The van der Waals surface area contributed by atoms with Crippen LogP contribution in [-0.4, -0.2) is 24.7 Å². The molecule has 1 saturated heterocycles. The van der Waals surface area contributed by atoms with Crippen molar-refractivity contribution in [2.24, 2.45) is 0 Å². The maximum atomic E-state index is 3.60. The van der Waals surface area contributed by atoms with Crippen LogP contribution in [0, 0.1) is 0 Å². The molecule has 1 unspecified atom stereocenters. The van der Waals surface area contributed by atoms with Crippen molar-refractivity contribution < 1.29 is 0 Å². The predicted molar refractivity (Wildman–Crippen MR) is 37.4 cm³/mol. The summed E-state index contributed by atoms with van der Waals surface area (Å²) in [6.45, 7) is 4.57. The smallest absolute Gasteiger partial charge is 0.0310 e. The lowest BCUT2D eigenvalue weighted by Crippen LogP contribution is -2.55. The van der Waals surface area contributed by atoms with Gasteiger partial charge in [0.1, 0.15) is 0 Å². The van der Waals surface area contributed by atoms with Gasteiger partial charge < -0.3 is 10.6 Å². The summed E-state index contributed by atoms with van der Waals surface area (Å²) in [5.74, 6) is 0. The molecule has 2 nitrogen and oxygen atoms in total. The molecule has 2 N–H and O–H groups in total. The summed E-state index contributed by atoms with van der Waals surface area (Å²) >= 11 is 0. The van der Waals surface area contributed by atoms with E-state index in [1.807, 2.05) is 0 Å². The number of hydrogen-bond acceptors (Lipinski definition) is 2. The van der Waals surface area contributed by atoms with E-state index in [4.69, 9.17) is 0 Å². The molecule has 0 amide bonds. The van der Waals surface area contributed by atoms with Crippen LogP contribution in [0.2, 0.25) is 0 Å². The third-order valence-corrected chi connectivity index (χ3v) is 2.32. The molecule has 1 spiro atoms. The minimum Gasteiger partial charge on any atom is -0.313 e. The highest BCUT2D eigenvalue weighted by Crippen LogP contribution is 2.36. The van der Waals surface area contributed by atoms with Gasteiger partial charge >= 0.3 is 0 Å². The lowest BCUT2D eigenvalue weighted by atomic mass is 10.1. The van der Waals surface area contributed by atoms with E-state index < -0.39 is 0 Å². The first kappa shape index (κ1) is 5.69. The summed E-state index contributed by atoms with van der Waals surface area (Å²) in [6, 6.07) is 0.682. The average Bonchev–Trinajstić information content (AvgIpc) is 2.49. The second-order valence-electron chi connectivity index (χ2n) is 3.46. The number of nitrogens with one attached hydrogen (secondary N) is 2. The first-order valence-corrected chi connectivity index (χ1v) is 3.79. The number of rotatable bonds is 0. The first-order valence-electron chi connectivity index (χ1n) is 3.79. The Labute approximate surface area is 56.0 Å². The molecule has 0 aromatic rings. The van der Waals surface area contributed by atoms with Gasteiger partial charge in [-0.3, -0.25) is 0 Å². The second kappa shape index (κ2) is 1.70. The Morgan fingerprint density at radius 3 is 2.67 bits per heavy atom. The van der Waals surface area contributed by atoms with E-state index >= 15 is 0 Å². The van der Waals surface area contributed by atoms with E-state index in [0.717, 1.165) is 6.54 Å². The molecule has 1 heterocycles. The summed E-state index contributed by atoms with van der Waals surface area (Å²) in [7, 11) is 0. The lowest BCUT2D eigenvalue weighted by molar-refractivity contribution is 0.338. The molecule has 0 aromatic heterocycles. The summed E-state index contributed by atoms with van der Waals surface area (Å²) < 4.78 is 0. The Bertz CT molecular complexity index is 118. The van der Waals surface area contributed by atoms with Gasteiger partial charge in [0.25, 0.3) is 0 Å². The number of hydrogen-bond donors (Lipinski definition) is 2. The standard InChI is InChI=1S/C7H14N2/c1-6-4-8-5-7(9-6)2-3-7/h6,8-9H,2-5H2,1H3. The van der Waals surface area contributed by atoms with Gasteiger partial charge in [0.2, 0.25) is 0 Å². The van der Waals surface area contributed by atoms with Crippen LogP contribution in [0.15, 0.2) is 0 Å². The van der Waals surface area contributed by atoms with Gasteiger partial charge in [0.05, 0.1) is 0 Å². The van der Waals surface area contributed by atoms with Crippen LogP contribution in [0.25, 0.3) is 0 Å². The quantitative estimate of drug-likeness (QED) is 0.481. The monoisotopic (exact) mass is 126 g/mol. The van der Waals surface area contributed by atoms with Crippen LogP contribution in [-0.2, 0) is 0 Å². The van der Waals surface area contributed by atoms with Crippen LogP contribution < -0.4 is 10.6 Å². The maximum Gasteiger partial charge on any atom is 0.0310 e. The van der Waals surface area contributed by atoms with Gasteiger partial charge in [-0.25, -0.2) is 0 Å². The van der Waals surface area contributed by atoms with Crippen molar-refractivity contribution in [2.45, 2.75) is 31.3 Å². The zero-order valence-electron chi connectivity index (χ0n) is 5.91. The third kappa shape index (κ3) is 0.970. The molecule has 2 heteroatoms. The van der Waals surface area contributed by atoms with E-state index in [1.165, 1.54) is 19.4 Å². The zero-order chi connectivity index (χ0) is 6.32. The summed E-state index contributed by atoms with van der Waals surface area (Å²) in [5.41, 5.74) is 0.539. The third-order valence-electron chi connectivity index (χ3n) is 2.32. The molecule has 2 fully saturated rings. The minimum absolute atomic E-state index is 0.539. The summed E-state index contributed by atoms with van der Waals surface area (Å²) in [4.78, 5) is 0. The van der Waals surface area contributed by atoms with E-state index in [1.54, 1.807) is 0 Å². The Hall–Kier alpha value is -0.0800. The first-order chi connectivity index (χ1) is 4.31. The Morgan fingerprint density at radius 1 is 1.44 bits per heavy atom. The fourth-order valence-electron chi connectivity index (χ4n) is 1.62. The molecule has 1 aliphatic carbocycles. The second-order valence-corrected chi connectivity index (χ2v) is 3.46. The van der Waals surface area contributed by atoms with Gasteiger partial charge in [0.15, 0.2) is 0 Å². The van der Waals surface area contributed by atoms with Crippen LogP contribution in [0.1, 0.15) is 19.8 Å². The predicted octanol–water partition coefficient (Wildman–Crippen LogP) is 0.100. The lowest BCUT2D eigenvalue weighted by Gasteiger charge is -2.29. The van der Waals surface area contributed by atoms with Crippen molar-refractivity contribution in [3.8, 4) is 0 Å². The SMILES string of the molecule is CC1CNCC2(CC2)N1. The van der Waals surface area contributed by atoms with Gasteiger partial charge in [-0.05, 0) is 19.8 Å². The highest BCUT2D eigenvalue weighted by molar-refractivity contribution is 5.07. The van der Waals surface area contributed by atoms with Gasteiger partial charge in [-0.15, -0.1) is 0 Å². The highest BCUT2D eigenvalue weighted by atomic mass is 15.2. The molecule has 2 aliphatic rings. The van der Waals surface area contributed by atoms with E-state index in [-0.39, 0.29) is 0 Å². The average molecular weight is 126 g/mol. The molecular formula is C7H14N2. The Morgan fingerprint density at radius 2 is 2.22 bits per heavy atom. The maximum absolute atomic E-state index is 3.60. The van der Waals surface area contributed by atoms with E-state index in [0.29, 0.717) is 11.6 Å². The Balaban J connectivity index is 1.96. The molecule has 2 rings (SSSR count). The Kier molecular flexibility index (Phi) is 1.08. The fraction of sp³-hybridized carbons (Fsp3) is 1.00. The number of piperazine rings is 1. The van der Waals surface area contributed by atoms with Crippen LogP contribution >= 0.6 is 0 Å². The largest absolute Gasteiger partial charge is 0.313 e. The van der Waals surface area contributed by atoms with Gasteiger partial charge in [-0.2, -0.15) is 0 Å². The molecule has 1 atom stereocenters. The fourth-order valence-corrected chi connectivity index (χ4v) is 1.62. The zero-order valence-corrected chi connectivity index (χ0v) is 5.91. The normalized spacial score (nSPS) is 39.0. The molecular weight excluding hydrogens is 112 g/mol. The minimum atomic E-state index is 0.539. The molecule has 1 saturated carbocycles. The van der Waals surface area contributed by atoms with E-state index in [2.05, 4.69) is 17.6 Å². The summed E-state index contributed by atoms with van der Waals surface area (Å²) in [5, 5.41) is 7.03. The molecule has 0 bridgehead atoms. The van der Waals surface area contributed by atoms with Crippen LogP contribution in [0.4, 0.5) is 0 Å². The van der Waals surface area contributed by atoms with Crippen molar-refractivity contribution >= 4 is 0 Å². The highest BCUT2D eigenvalue weighted by Gasteiger charge is 2.44. The van der Waals surface area contributed by atoms with Crippen molar-refractivity contribution in [3.05, 3.63) is 0 Å². The molecule has 0 aromatic carbocycles. The van der Waals surface area contributed by atoms with Crippen LogP contribution in [0.5, 0.6) is 0 Å². The van der Waals surface area contributed by atoms with Crippen molar-refractivity contribution in [1.82, 2.24) is 10.6 Å². The topological polar surface area (TPSA) is 24.1 Å². The molecule has 1 aliphatic heterocycles. The van der Waals surface area contributed by atoms with Crippen molar-refractivity contribution in [3.63, 3.8) is 0 Å². The van der Waals surface area contributed by atoms with Crippen molar-refractivity contribution in [1.29, 1.82) is 0 Å². The molecule has 9 heavy (non-hydrogen) atoms.